The van der Waals surface area contributed by atoms with Crippen LogP contribution in [0.4, 0.5) is 4.79 Å². The molecular formula is C14H17ClN2O3S. The maximum absolute atomic E-state index is 11.9. The molecule has 7 heteroatoms. The molecule has 1 aromatic rings. The zero-order valence-electron chi connectivity index (χ0n) is 11.6. The summed E-state index contributed by atoms with van der Waals surface area (Å²) in [6.45, 7) is 0. The van der Waals surface area contributed by atoms with Crippen LogP contribution in [0.3, 0.4) is 0 Å². The van der Waals surface area contributed by atoms with Gasteiger partial charge in [-0.05, 0) is 30.2 Å². The number of carbonyl (C=O) groups excluding carboxylic acids is 1. The minimum Gasteiger partial charge on any atom is -0.324 e. The fourth-order valence-electron chi connectivity index (χ4n) is 2.13. The van der Waals surface area contributed by atoms with E-state index in [2.05, 4.69) is 5.32 Å². The van der Waals surface area contributed by atoms with Crippen molar-refractivity contribution >= 4 is 33.5 Å². The Labute approximate surface area is 129 Å². The van der Waals surface area contributed by atoms with E-state index >= 15 is 0 Å². The van der Waals surface area contributed by atoms with Crippen LogP contribution in [0.5, 0.6) is 0 Å². The molecule has 0 bridgehead atoms. The van der Waals surface area contributed by atoms with Crippen LogP contribution in [0, 0.1) is 0 Å². The molecule has 1 saturated heterocycles. The molecule has 1 heterocycles. The van der Waals surface area contributed by atoms with E-state index in [-0.39, 0.29) is 23.6 Å². The number of rotatable bonds is 3. The highest BCUT2D eigenvalue weighted by Crippen LogP contribution is 2.16. The molecule has 114 valence electrons. The minimum absolute atomic E-state index is 0.0395. The van der Waals surface area contributed by atoms with Crippen molar-refractivity contribution in [1.82, 2.24) is 10.2 Å². The highest BCUT2D eigenvalue weighted by Gasteiger charge is 2.32. The van der Waals surface area contributed by atoms with Crippen molar-refractivity contribution in [2.24, 2.45) is 0 Å². The summed E-state index contributed by atoms with van der Waals surface area (Å²) < 4.78 is 22.8. The van der Waals surface area contributed by atoms with E-state index in [1.54, 1.807) is 25.3 Å². The summed E-state index contributed by atoms with van der Waals surface area (Å²) in [4.78, 5) is 13.4. The fourth-order valence-corrected chi connectivity index (χ4v) is 4.03. The molecule has 1 aliphatic heterocycles. The summed E-state index contributed by atoms with van der Waals surface area (Å²) in [5.74, 6) is 0.188. The molecule has 1 atom stereocenters. The Morgan fingerprint density at radius 2 is 2.05 bits per heavy atom. The maximum Gasteiger partial charge on any atom is 0.321 e. The third-order valence-electron chi connectivity index (χ3n) is 3.43. The number of hydrogen-bond donors (Lipinski definition) is 1. The van der Waals surface area contributed by atoms with Crippen molar-refractivity contribution in [3.63, 3.8) is 0 Å². The molecule has 0 aromatic heterocycles. The number of nitrogens with one attached hydrogen (secondary N) is 1. The molecule has 21 heavy (non-hydrogen) atoms. The summed E-state index contributed by atoms with van der Waals surface area (Å²) in [7, 11) is -1.39. The molecule has 2 amide bonds. The van der Waals surface area contributed by atoms with Gasteiger partial charge in [0.2, 0.25) is 0 Å². The quantitative estimate of drug-likeness (QED) is 0.924. The Kier molecular flexibility index (Phi) is 4.90. The van der Waals surface area contributed by atoms with Crippen LogP contribution in [0.15, 0.2) is 30.5 Å². The van der Waals surface area contributed by atoms with Gasteiger partial charge in [-0.15, -0.1) is 0 Å². The van der Waals surface area contributed by atoms with Crippen molar-refractivity contribution in [3.8, 4) is 0 Å². The molecule has 2 rings (SSSR count). The number of nitrogens with zero attached hydrogens (tertiary/aromatic N) is 1. The Morgan fingerprint density at radius 1 is 1.38 bits per heavy atom. The molecule has 1 aliphatic rings. The van der Waals surface area contributed by atoms with E-state index in [1.165, 1.54) is 11.1 Å². The van der Waals surface area contributed by atoms with E-state index in [9.17, 15) is 13.2 Å². The third-order valence-corrected chi connectivity index (χ3v) is 5.43. The highest BCUT2D eigenvalue weighted by atomic mass is 35.5. The Bertz CT molecular complexity index is 641. The van der Waals surface area contributed by atoms with Gasteiger partial charge in [0.15, 0.2) is 9.84 Å². The summed E-state index contributed by atoms with van der Waals surface area (Å²) in [5.41, 5.74) is 0.908. The SMILES string of the molecule is CN(C(=O)N/C=C/c1ccc(Cl)cc1)C1CCS(=O)(=O)C1. The lowest BCUT2D eigenvalue weighted by Crippen LogP contribution is -2.42. The first-order valence-corrected chi connectivity index (χ1v) is 8.73. The fraction of sp³-hybridized carbons (Fsp3) is 0.357. The van der Waals surface area contributed by atoms with Crippen LogP contribution in [0.2, 0.25) is 5.02 Å². The van der Waals surface area contributed by atoms with Gasteiger partial charge in [0, 0.05) is 24.3 Å². The van der Waals surface area contributed by atoms with Gasteiger partial charge in [-0.3, -0.25) is 0 Å². The van der Waals surface area contributed by atoms with Gasteiger partial charge >= 0.3 is 6.03 Å². The van der Waals surface area contributed by atoms with Crippen LogP contribution in [-0.4, -0.2) is 43.9 Å². The van der Waals surface area contributed by atoms with Gasteiger partial charge in [-0.25, -0.2) is 13.2 Å². The summed E-state index contributed by atoms with van der Waals surface area (Å²) >= 11 is 5.78. The van der Waals surface area contributed by atoms with Crippen LogP contribution < -0.4 is 5.32 Å². The number of amides is 2. The predicted molar refractivity (Wildman–Crippen MR) is 83.8 cm³/mol. The van der Waals surface area contributed by atoms with E-state index in [1.807, 2.05) is 12.1 Å². The average Bonchev–Trinajstić information content (AvgIpc) is 2.80. The van der Waals surface area contributed by atoms with Crippen LogP contribution in [0.1, 0.15) is 12.0 Å². The van der Waals surface area contributed by atoms with Gasteiger partial charge < -0.3 is 10.2 Å². The van der Waals surface area contributed by atoms with Gasteiger partial charge in [0.1, 0.15) is 0 Å². The first kappa shape index (κ1) is 15.9. The van der Waals surface area contributed by atoms with E-state index < -0.39 is 9.84 Å². The number of hydrogen-bond acceptors (Lipinski definition) is 3. The second-order valence-electron chi connectivity index (χ2n) is 5.00. The lowest BCUT2D eigenvalue weighted by atomic mass is 10.2. The Morgan fingerprint density at radius 3 is 2.62 bits per heavy atom. The molecule has 0 aliphatic carbocycles. The summed E-state index contributed by atoms with van der Waals surface area (Å²) in [6, 6.07) is 6.62. The first-order valence-electron chi connectivity index (χ1n) is 6.53. The molecule has 0 saturated carbocycles. The van der Waals surface area contributed by atoms with Crippen LogP contribution >= 0.6 is 11.6 Å². The Hall–Kier alpha value is -1.53. The number of sulfone groups is 1. The maximum atomic E-state index is 11.9. The van der Waals surface area contributed by atoms with Crippen molar-refractivity contribution in [2.75, 3.05) is 18.6 Å². The predicted octanol–water partition coefficient (Wildman–Crippen LogP) is 2.14. The van der Waals surface area contributed by atoms with Gasteiger partial charge in [0.05, 0.1) is 11.5 Å². The number of carbonyl (C=O) groups is 1. The zero-order chi connectivity index (χ0) is 15.5. The minimum atomic E-state index is -2.99. The number of benzene rings is 1. The normalized spacial score (nSPS) is 20.6. The van der Waals surface area contributed by atoms with Crippen molar-refractivity contribution in [3.05, 3.63) is 41.1 Å². The Balaban J connectivity index is 1.88. The third kappa shape index (κ3) is 4.47. The lowest BCUT2D eigenvalue weighted by Gasteiger charge is -2.22. The van der Waals surface area contributed by atoms with Crippen molar-refractivity contribution in [1.29, 1.82) is 0 Å². The monoisotopic (exact) mass is 328 g/mol. The van der Waals surface area contributed by atoms with E-state index in [0.717, 1.165) is 5.56 Å². The molecule has 5 nitrogen and oxygen atoms in total. The van der Waals surface area contributed by atoms with Gasteiger partial charge in [0.25, 0.3) is 0 Å². The molecular weight excluding hydrogens is 312 g/mol. The molecule has 1 N–H and O–H groups in total. The second-order valence-corrected chi connectivity index (χ2v) is 7.67. The first-order chi connectivity index (χ1) is 9.87. The lowest BCUT2D eigenvalue weighted by molar-refractivity contribution is 0.199. The topological polar surface area (TPSA) is 66.5 Å². The summed E-state index contributed by atoms with van der Waals surface area (Å²) in [5, 5.41) is 3.28. The van der Waals surface area contributed by atoms with Crippen molar-refractivity contribution < 1.29 is 13.2 Å². The second kappa shape index (κ2) is 6.49. The highest BCUT2D eigenvalue weighted by molar-refractivity contribution is 7.91. The van der Waals surface area contributed by atoms with Crippen LogP contribution in [0.25, 0.3) is 6.08 Å². The smallest absolute Gasteiger partial charge is 0.321 e. The van der Waals surface area contributed by atoms with Gasteiger partial charge in [-0.2, -0.15) is 0 Å². The van der Waals surface area contributed by atoms with Crippen LogP contribution in [-0.2, 0) is 9.84 Å². The standard InChI is InChI=1S/C14H17ClN2O3S/c1-17(13-7-9-21(19,20)10-13)14(18)16-8-6-11-2-4-12(15)5-3-11/h2-6,8,13H,7,9-10H2,1H3,(H,16,18)/b8-6+. The molecule has 1 aromatic carbocycles. The molecule has 0 spiro atoms. The molecule has 1 fully saturated rings. The van der Waals surface area contributed by atoms with Gasteiger partial charge in [-0.1, -0.05) is 23.7 Å². The average molecular weight is 329 g/mol. The zero-order valence-corrected chi connectivity index (χ0v) is 13.2. The van der Waals surface area contributed by atoms with E-state index in [0.29, 0.717) is 11.4 Å². The molecule has 0 radical (unpaired) electrons. The summed E-state index contributed by atoms with van der Waals surface area (Å²) in [6.07, 6.45) is 3.77. The number of urea groups is 1. The number of halogens is 1. The van der Waals surface area contributed by atoms with E-state index in [4.69, 9.17) is 11.6 Å². The van der Waals surface area contributed by atoms with Crippen molar-refractivity contribution in [2.45, 2.75) is 12.5 Å². The molecule has 1 unspecified atom stereocenters. The largest absolute Gasteiger partial charge is 0.324 e.